The first kappa shape index (κ1) is 33.6. The average molecular weight is 738 g/mol. The summed E-state index contributed by atoms with van der Waals surface area (Å²) < 4.78 is 0. The van der Waals surface area contributed by atoms with Crippen LogP contribution in [-0.4, -0.2) is 15.0 Å². The minimum Gasteiger partial charge on any atom is -0.264 e. The highest BCUT2D eigenvalue weighted by Crippen LogP contribution is 2.42. The first-order valence-electron chi connectivity index (χ1n) is 19.7. The van der Waals surface area contributed by atoms with Crippen molar-refractivity contribution in [2.24, 2.45) is 0 Å². The van der Waals surface area contributed by atoms with Crippen LogP contribution in [0, 0.1) is 0 Å². The molecule has 3 nitrogen and oxygen atoms in total. The van der Waals surface area contributed by atoms with Crippen molar-refractivity contribution < 1.29 is 0 Å². The summed E-state index contributed by atoms with van der Waals surface area (Å²) in [5, 5.41) is 9.81. The molecule has 2 aromatic heterocycles. The predicted octanol–water partition coefficient (Wildman–Crippen LogP) is 14.5. The molecule has 58 heavy (non-hydrogen) atoms. The van der Waals surface area contributed by atoms with E-state index in [-0.39, 0.29) is 0 Å². The molecule has 0 atom stereocenters. The van der Waals surface area contributed by atoms with E-state index in [1.807, 2.05) is 24.4 Å². The van der Waals surface area contributed by atoms with Gasteiger partial charge in [-0.25, -0.2) is 9.97 Å². The largest absolute Gasteiger partial charge is 0.264 e. The summed E-state index contributed by atoms with van der Waals surface area (Å²) in [4.78, 5) is 15.0. The molecule has 0 aliphatic carbocycles. The van der Waals surface area contributed by atoms with E-state index in [0.29, 0.717) is 5.82 Å². The molecular weight excluding hydrogens is 703 g/mol. The van der Waals surface area contributed by atoms with E-state index >= 15 is 0 Å². The maximum Gasteiger partial charge on any atom is 0.161 e. The van der Waals surface area contributed by atoms with Crippen LogP contribution in [0.1, 0.15) is 0 Å². The second-order valence-corrected chi connectivity index (χ2v) is 14.8. The molecule has 0 amide bonds. The molecule has 0 spiro atoms. The summed E-state index contributed by atoms with van der Waals surface area (Å²) in [5.41, 5.74) is 11.5. The lowest BCUT2D eigenvalue weighted by atomic mass is 9.88. The van der Waals surface area contributed by atoms with E-state index < -0.39 is 0 Å². The van der Waals surface area contributed by atoms with E-state index in [1.165, 1.54) is 54.2 Å². The summed E-state index contributed by atoms with van der Waals surface area (Å²) in [6.45, 7) is 0. The molecule has 11 aromatic rings. The van der Waals surface area contributed by atoms with Gasteiger partial charge in [-0.2, -0.15) is 0 Å². The van der Waals surface area contributed by atoms with Gasteiger partial charge in [0.15, 0.2) is 5.82 Å². The molecular formula is C55H35N3. The van der Waals surface area contributed by atoms with Crippen LogP contribution in [0.5, 0.6) is 0 Å². The molecule has 0 saturated carbocycles. The lowest BCUT2D eigenvalue weighted by molar-refractivity contribution is 1.17. The average Bonchev–Trinajstić information content (AvgIpc) is 3.31. The fourth-order valence-corrected chi connectivity index (χ4v) is 8.53. The molecule has 0 N–H and O–H groups in total. The highest BCUT2D eigenvalue weighted by molar-refractivity contribution is 6.16. The van der Waals surface area contributed by atoms with E-state index in [2.05, 4.69) is 187 Å². The summed E-state index contributed by atoms with van der Waals surface area (Å²) in [5.74, 6) is 0.630. The monoisotopic (exact) mass is 737 g/mol. The van der Waals surface area contributed by atoms with Crippen molar-refractivity contribution in [3.8, 4) is 67.3 Å². The van der Waals surface area contributed by atoms with Gasteiger partial charge in [0.2, 0.25) is 0 Å². The number of rotatable bonds is 6. The Labute approximate surface area is 336 Å². The van der Waals surface area contributed by atoms with E-state index in [9.17, 15) is 0 Å². The Morgan fingerprint density at radius 1 is 0.276 bits per heavy atom. The van der Waals surface area contributed by atoms with Crippen LogP contribution < -0.4 is 0 Å². The van der Waals surface area contributed by atoms with Crippen molar-refractivity contribution in [3.05, 3.63) is 213 Å². The lowest BCUT2D eigenvalue weighted by Crippen LogP contribution is -1.97. The third-order valence-electron chi connectivity index (χ3n) is 11.3. The highest BCUT2D eigenvalue weighted by Gasteiger charge is 2.17. The first-order valence-corrected chi connectivity index (χ1v) is 19.7. The van der Waals surface area contributed by atoms with E-state index in [4.69, 9.17) is 9.97 Å². The third kappa shape index (κ3) is 5.98. The maximum absolute atomic E-state index is 5.32. The molecule has 3 heteroatoms. The van der Waals surface area contributed by atoms with Crippen molar-refractivity contribution in [1.29, 1.82) is 0 Å². The summed E-state index contributed by atoms with van der Waals surface area (Å²) in [6.07, 6.45) is 3.63. The van der Waals surface area contributed by atoms with Gasteiger partial charge in [0.1, 0.15) is 0 Å². The van der Waals surface area contributed by atoms with Crippen molar-refractivity contribution in [2.75, 3.05) is 0 Å². The summed E-state index contributed by atoms with van der Waals surface area (Å²) >= 11 is 0. The van der Waals surface area contributed by atoms with Crippen LogP contribution in [0.25, 0.3) is 110 Å². The molecule has 11 rings (SSSR count). The Morgan fingerprint density at radius 3 is 1.34 bits per heavy atom. The Balaban J connectivity index is 1.20. The Morgan fingerprint density at radius 2 is 0.741 bits per heavy atom. The van der Waals surface area contributed by atoms with Crippen molar-refractivity contribution in [3.63, 3.8) is 0 Å². The number of fused-ring (bicyclic) bond motifs is 6. The van der Waals surface area contributed by atoms with Crippen LogP contribution in [-0.2, 0) is 0 Å². The number of pyridine rings is 1. The molecule has 0 radical (unpaired) electrons. The number of benzene rings is 9. The van der Waals surface area contributed by atoms with Crippen molar-refractivity contribution >= 4 is 43.1 Å². The van der Waals surface area contributed by atoms with Gasteiger partial charge in [0, 0.05) is 29.1 Å². The molecule has 0 bridgehead atoms. The van der Waals surface area contributed by atoms with Crippen LogP contribution in [0.3, 0.4) is 0 Å². The molecule has 0 aliphatic heterocycles. The Hall–Kier alpha value is -7.75. The van der Waals surface area contributed by atoms with Gasteiger partial charge < -0.3 is 0 Å². The molecule has 9 aromatic carbocycles. The number of hydrogen-bond acceptors (Lipinski definition) is 3. The van der Waals surface area contributed by atoms with Crippen molar-refractivity contribution in [1.82, 2.24) is 15.0 Å². The smallest absolute Gasteiger partial charge is 0.161 e. The fourth-order valence-electron chi connectivity index (χ4n) is 8.53. The topological polar surface area (TPSA) is 38.7 Å². The zero-order chi connectivity index (χ0) is 38.4. The Kier molecular flexibility index (Phi) is 8.15. The van der Waals surface area contributed by atoms with Gasteiger partial charge in [0.25, 0.3) is 0 Å². The predicted molar refractivity (Wildman–Crippen MR) is 242 cm³/mol. The van der Waals surface area contributed by atoms with Crippen LogP contribution >= 0.6 is 0 Å². The molecule has 0 fully saturated rings. The minimum absolute atomic E-state index is 0.630. The van der Waals surface area contributed by atoms with Crippen LogP contribution in [0.2, 0.25) is 0 Å². The van der Waals surface area contributed by atoms with Gasteiger partial charge in [-0.3, -0.25) is 4.98 Å². The number of aromatic nitrogens is 3. The second kappa shape index (κ2) is 14.1. The number of hydrogen-bond donors (Lipinski definition) is 0. The van der Waals surface area contributed by atoms with Crippen molar-refractivity contribution in [2.45, 2.75) is 0 Å². The zero-order valence-electron chi connectivity index (χ0n) is 31.5. The Bertz CT molecular complexity index is 3200. The van der Waals surface area contributed by atoms with E-state index in [1.54, 1.807) is 6.20 Å². The van der Waals surface area contributed by atoms with E-state index in [0.717, 1.165) is 50.3 Å². The van der Waals surface area contributed by atoms with Gasteiger partial charge in [-0.15, -0.1) is 0 Å². The summed E-state index contributed by atoms with van der Waals surface area (Å²) in [6, 6.07) is 71.8. The zero-order valence-corrected chi connectivity index (χ0v) is 31.5. The molecule has 0 aliphatic rings. The maximum atomic E-state index is 5.32. The molecule has 270 valence electrons. The SMILES string of the molecule is c1ccc(-c2cccc(-c3cc(-c4cc(-c5cc6ccccc6c6ccccc56)cc(-c5cc6ccccc6c6ccccc56)c4)nc(-c4cccnc4)n3)c2)cc1. The van der Waals surface area contributed by atoms with Crippen LogP contribution in [0.15, 0.2) is 213 Å². The highest BCUT2D eigenvalue weighted by atomic mass is 14.9. The standard InChI is InChI=1S/C55H35N3/c1-2-14-36(15-3-1)37-18-12-19-40(28-37)53-34-54(58-55(57-53)41-20-13-27-56-35-41)44-30-42(51-32-38-16-4-6-21-45(38)47-23-8-10-25-49(47)51)29-43(31-44)52-33-39-17-5-7-22-46(39)48-24-9-11-26-50(48)52/h1-35H. The first-order chi connectivity index (χ1) is 28.7. The molecule has 0 saturated heterocycles. The van der Waals surface area contributed by atoms with Crippen LogP contribution in [0.4, 0.5) is 0 Å². The fraction of sp³-hybridized carbons (Fsp3) is 0. The second-order valence-electron chi connectivity index (χ2n) is 14.8. The van der Waals surface area contributed by atoms with Gasteiger partial charge in [0.05, 0.1) is 11.4 Å². The quantitative estimate of drug-likeness (QED) is 0.160. The molecule has 0 unspecified atom stereocenters. The lowest BCUT2D eigenvalue weighted by Gasteiger charge is -2.17. The minimum atomic E-state index is 0.630. The van der Waals surface area contributed by atoms with Gasteiger partial charge in [-0.05, 0) is 131 Å². The van der Waals surface area contributed by atoms with Gasteiger partial charge >= 0.3 is 0 Å². The molecule has 2 heterocycles. The summed E-state index contributed by atoms with van der Waals surface area (Å²) in [7, 11) is 0. The normalized spacial score (nSPS) is 11.4. The third-order valence-corrected chi connectivity index (χ3v) is 11.3. The number of nitrogens with zero attached hydrogens (tertiary/aromatic N) is 3. The van der Waals surface area contributed by atoms with Gasteiger partial charge in [-0.1, -0.05) is 146 Å².